The molecule has 8 N–H and O–H groups in total. The zero-order valence-electron chi connectivity index (χ0n) is 11.9. The van der Waals surface area contributed by atoms with Crippen LogP contribution in [-0.4, -0.2) is 85.1 Å². The Kier molecular flexibility index (Phi) is 6.02. The third kappa shape index (κ3) is 3.59. The molecule has 1 rings (SSSR count). The number of amides is 1. The van der Waals surface area contributed by atoms with Gasteiger partial charge in [-0.15, -0.1) is 0 Å². The lowest BCUT2D eigenvalue weighted by Gasteiger charge is -2.47. The quantitative estimate of drug-likeness (QED) is 0.226. The zero-order valence-corrected chi connectivity index (χ0v) is 11.9. The van der Waals surface area contributed by atoms with Crippen LogP contribution in [0, 0.1) is 5.92 Å². The third-order valence-electron chi connectivity index (χ3n) is 3.89. The van der Waals surface area contributed by atoms with Gasteiger partial charge < -0.3 is 41.1 Å². The van der Waals surface area contributed by atoms with E-state index in [1.54, 1.807) is 0 Å². The van der Waals surface area contributed by atoms with Crippen molar-refractivity contribution >= 4 is 17.8 Å². The number of aliphatic hydroxyl groups is 4. The molecule has 0 bridgehead atoms. The first-order chi connectivity index (χ1) is 10.6. The highest BCUT2D eigenvalue weighted by atomic mass is 16.6. The number of hydrogen-bond donors (Lipinski definition) is 7. The van der Waals surface area contributed by atoms with Crippen LogP contribution in [0.3, 0.4) is 0 Å². The number of primary amides is 1. The van der Waals surface area contributed by atoms with Gasteiger partial charge in [0.2, 0.25) is 0 Å². The summed E-state index contributed by atoms with van der Waals surface area (Å²) >= 11 is 0. The highest BCUT2D eigenvalue weighted by Crippen LogP contribution is 2.34. The second-order valence-electron chi connectivity index (χ2n) is 5.29. The van der Waals surface area contributed by atoms with Crippen LogP contribution in [0.4, 0.5) is 0 Å². The van der Waals surface area contributed by atoms with E-state index >= 15 is 0 Å². The highest BCUT2D eigenvalue weighted by molar-refractivity contribution is 5.93. The first-order valence-corrected chi connectivity index (χ1v) is 6.66. The van der Waals surface area contributed by atoms with E-state index in [0.717, 1.165) is 0 Å². The van der Waals surface area contributed by atoms with Crippen molar-refractivity contribution in [2.75, 3.05) is 6.61 Å². The van der Waals surface area contributed by atoms with Crippen molar-refractivity contribution in [2.45, 2.75) is 42.9 Å². The summed E-state index contributed by atoms with van der Waals surface area (Å²) in [6.45, 7) is -0.818. The van der Waals surface area contributed by atoms with Gasteiger partial charge in [-0.25, -0.2) is 0 Å². The maximum absolute atomic E-state index is 11.7. The fraction of sp³-hybridized carbons (Fsp3) is 0.750. The van der Waals surface area contributed by atoms with Crippen LogP contribution in [0.25, 0.3) is 0 Å². The van der Waals surface area contributed by atoms with Crippen molar-refractivity contribution in [1.82, 2.24) is 0 Å². The summed E-state index contributed by atoms with van der Waals surface area (Å²) in [4.78, 5) is 33.5. The normalized spacial score (nSPS) is 34.3. The Labute approximate surface area is 129 Å². The number of aliphatic hydroxyl groups excluding tert-OH is 4. The molecule has 0 aromatic heterocycles. The number of carbonyl (C=O) groups is 3. The van der Waals surface area contributed by atoms with Crippen molar-refractivity contribution in [2.24, 2.45) is 11.7 Å². The largest absolute Gasteiger partial charge is 0.481 e. The maximum atomic E-state index is 11.7. The van der Waals surface area contributed by atoms with Gasteiger partial charge >= 0.3 is 11.9 Å². The summed E-state index contributed by atoms with van der Waals surface area (Å²) in [6.07, 6.45) is -8.38. The molecule has 1 aliphatic rings. The second kappa shape index (κ2) is 7.19. The number of carbonyl (C=O) groups excluding carboxylic acids is 1. The molecule has 0 spiro atoms. The molecule has 0 radical (unpaired) electrons. The SMILES string of the molecule is NC(=O)[C@@]1(CCC(C(=O)O)C(=O)O)O[C@H](CO)[C@@H](O)[C@H](O)[C@@H]1O. The number of carboxylic acids is 2. The van der Waals surface area contributed by atoms with Crippen LogP contribution in [0.15, 0.2) is 0 Å². The van der Waals surface area contributed by atoms with Gasteiger partial charge in [-0.2, -0.15) is 0 Å². The van der Waals surface area contributed by atoms with E-state index < -0.39 is 73.2 Å². The minimum Gasteiger partial charge on any atom is -0.481 e. The van der Waals surface area contributed by atoms with Crippen LogP contribution in [0.1, 0.15) is 12.8 Å². The summed E-state index contributed by atoms with van der Waals surface area (Å²) in [7, 11) is 0. The number of rotatable bonds is 7. The van der Waals surface area contributed by atoms with E-state index in [-0.39, 0.29) is 0 Å². The van der Waals surface area contributed by atoms with E-state index in [1.165, 1.54) is 0 Å². The molecular formula is C12H19NO10. The van der Waals surface area contributed by atoms with Gasteiger partial charge in [0.05, 0.1) is 6.61 Å². The average Bonchev–Trinajstić information content (AvgIpc) is 2.46. The lowest BCUT2D eigenvalue weighted by Crippen LogP contribution is -2.69. The van der Waals surface area contributed by atoms with Gasteiger partial charge in [-0.05, 0) is 12.8 Å². The van der Waals surface area contributed by atoms with E-state index in [1.807, 2.05) is 0 Å². The molecule has 1 saturated heterocycles. The molecule has 0 saturated carbocycles. The minimum absolute atomic E-state index is 0.633. The summed E-state index contributed by atoms with van der Waals surface area (Å²) < 4.78 is 5.12. The predicted octanol–water partition coefficient (Wildman–Crippen LogP) is -3.75. The molecular weight excluding hydrogens is 318 g/mol. The number of hydrogen-bond acceptors (Lipinski definition) is 8. The van der Waals surface area contributed by atoms with E-state index in [9.17, 15) is 29.7 Å². The molecule has 11 nitrogen and oxygen atoms in total. The molecule has 1 amide bonds. The van der Waals surface area contributed by atoms with E-state index in [0.29, 0.717) is 0 Å². The summed E-state index contributed by atoms with van der Waals surface area (Å²) in [5.41, 5.74) is 2.82. The Morgan fingerprint density at radius 2 is 1.61 bits per heavy atom. The fourth-order valence-corrected chi connectivity index (χ4v) is 2.48. The topological polar surface area (TPSA) is 208 Å². The van der Waals surface area contributed by atoms with Crippen LogP contribution < -0.4 is 5.73 Å². The Morgan fingerprint density at radius 3 is 2.00 bits per heavy atom. The van der Waals surface area contributed by atoms with Crippen LogP contribution in [-0.2, 0) is 19.1 Å². The first-order valence-electron chi connectivity index (χ1n) is 6.66. The van der Waals surface area contributed by atoms with E-state index in [4.69, 9.17) is 25.8 Å². The third-order valence-corrected chi connectivity index (χ3v) is 3.89. The van der Waals surface area contributed by atoms with Crippen molar-refractivity contribution in [3.63, 3.8) is 0 Å². The number of nitrogens with two attached hydrogens (primary N) is 1. The van der Waals surface area contributed by atoms with Gasteiger partial charge in [0.15, 0.2) is 11.5 Å². The molecule has 5 atom stereocenters. The van der Waals surface area contributed by atoms with Crippen LogP contribution in [0.5, 0.6) is 0 Å². The standard InChI is InChI=1S/C12H19NO10/c13-11(22)12(2-1-4(9(18)19)10(20)21)8(17)7(16)6(15)5(3-14)23-12/h4-8,14-17H,1-3H2,(H2,13,22)(H,18,19)(H,20,21)/t5-,6-,7+,8+,12+/m1/s1. The highest BCUT2D eigenvalue weighted by Gasteiger charge is 2.57. The number of aliphatic carboxylic acids is 2. The number of ether oxygens (including phenoxy) is 1. The lowest BCUT2D eigenvalue weighted by molar-refractivity contribution is -0.267. The van der Waals surface area contributed by atoms with Gasteiger partial charge in [0, 0.05) is 0 Å². The van der Waals surface area contributed by atoms with Gasteiger partial charge in [0.1, 0.15) is 24.4 Å². The van der Waals surface area contributed by atoms with Gasteiger partial charge in [-0.1, -0.05) is 0 Å². The predicted molar refractivity (Wildman–Crippen MR) is 69.9 cm³/mol. The fourth-order valence-electron chi connectivity index (χ4n) is 2.48. The maximum Gasteiger partial charge on any atom is 0.317 e. The lowest BCUT2D eigenvalue weighted by atomic mass is 9.79. The second-order valence-corrected chi connectivity index (χ2v) is 5.29. The molecule has 11 heteroatoms. The Bertz CT molecular complexity index is 466. The van der Waals surface area contributed by atoms with Crippen molar-refractivity contribution in [1.29, 1.82) is 0 Å². The minimum atomic E-state index is -2.34. The van der Waals surface area contributed by atoms with Crippen LogP contribution >= 0.6 is 0 Å². The smallest absolute Gasteiger partial charge is 0.317 e. The Morgan fingerprint density at radius 1 is 1.09 bits per heavy atom. The zero-order chi connectivity index (χ0) is 17.9. The summed E-state index contributed by atoms with van der Waals surface area (Å²) in [6, 6.07) is 0. The average molecular weight is 337 g/mol. The molecule has 1 aliphatic heterocycles. The summed E-state index contributed by atoms with van der Waals surface area (Å²) in [5, 5.41) is 56.2. The Hall–Kier alpha value is -1.79. The molecule has 1 heterocycles. The van der Waals surface area contributed by atoms with Gasteiger partial charge in [-0.3, -0.25) is 14.4 Å². The van der Waals surface area contributed by atoms with Crippen LogP contribution in [0.2, 0.25) is 0 Å². The monoisotopic (exact) mass is 337 g/mol. The first kappa shape index (κ1) is 19.3. The molecule has 1 fully saturated rings. The molecule has 0 aliphatic carbocycles. The van der Waals surface area contributed by atoms with Crippen molar-refractivity contribution < 1.29 is 49.8 Å². The Balaban J connectivity index is 3.09. The molecule has 0 unspecified atom stereocenters. The van der Waals surface area contributed by atoms with Crippen molar-refractivity contribution in [3.05, 3.63) is 0 Å². The number of carboxylic acid groups (broad SMARTS) is 2. The molecule has 0 aromatic carbocycles. The molecule has 132 valence electrons. The van der Waals surface area contributed by atoms with E-state index in [2.05, 4.69) is 0 Å². The molecule has 0 aromatic rings. The van der Waals surface area contributed by atoms with Crippen molar-refractivity contribution in [3.8, 4) is 0 Å². The summed E-state index contributed by atoms with van der Waals surface area (Å²) in [5.74, 6) is -6.51. The van der Waals surface area contributed by atoms with Gasteiger partial charge in [0.25, 0.3) is 5.91 Å². The molecule has 23 heavy (non-hydrogen) atoms.